The van der Waals surface area contributed by atoms with E-state index < -0.39 is 0 Å². The summed E-state index contributed by atoms with van der Waals surface area (Å²) in [5, 5.41) is 16.9. The molecular weight excluding hydrogens is 208 g/mol. The van der Waals surface area contributed by atoms with Crippen LogP contribution in [-0.4, -0.2) is 0 Å². The molecule has 0 saturated heterocycles. The predicted molar refractivity (Wildman–Crippen MR) is 67.1 cm³/mol. The van der Waals surface area contributed by atoms with Gasteiger partial charge in [0.25, 0.3) is 0 Å². The van der Waals surface area contributed by atoms with Crippen molar-refractivity contribution in [1.29, 1.82) is 10.5 Å². The monoisotopic (exact) mass is 220 g/mol. The number of aryl methyl sites for hydroxylation is 1. The first-order valence-corrected chi connectivity index (χ1v) is 5.19. The Bertz CT molecular complexity index is 512. The summed E-state index contributed by atoms with van der Waals surface area (Å²) in [6.45, 7) is 2.08. The van der Waals surface area contributed by atoms with Crippen LogP contribution in [0.3, 0.4) is 0 Å². The minimum absolute atomic E-state index is 0.435. The van der Waals surface area contributed by atoms with Crippen molar-refractivity contribution in [2.75, 3.05) is 0 Å². The average Bonchev–Trinajstić information content (AvgIpc) is 2.40. The minimum Gasteiger partial charge on any atom is -0.192 e. The van der Waals surface area contributed by atoms with Crippen molar-refractivity contribution in [3.8, 4) is 12.1 Å². The molecule has 2 aromatic rings. The maximum absolute atomic E-state index is 8.45. The molecule has 0 aliphatic carbocycles. The van der Waals surface area contributed by atoms with Gasteiger partial charge >= 0.3 is 0 Å². The number of hydrogen-bond donors (Lipinski definition) is 0. The van der Waals surface area contributed by atoms with Gasteiger partial charge in [0.05, 0.1) is 11.1 Å². The lowest BCUT2D eigenvalue weighted by atomic mass is 10.1. The van der Waals surface area contributed by atoms with Crippen molar-refractivity contribution >= 4 is 0 Å². The summed E-state index contributed by atoms with van der Waals surface area (Å²) in [4.78, 5) is 0. The number of nitrogens with zero attached hydrogens (tertiary/aromatic N) is 2. The number of rotatable bonds is 0. The van der Waals surface area contributed by atoms with Gasteiger partial charge in [0.2, 0.25) is 0 Å². The van der Waals surface area contributed by atoms with Crippen molar-refractivity contribution in [1.82, 2.24) is 0 Å². The van der Waals surface area contributed by atoms with Crippen molar-refractivity contribution in [3.63, 3.8) is 0 Å². The molecule has 2 nitrogen and oxygen atoms in total. The molecule has 0 atom stereocenters. The van der Waals surface area contributed by atoms with Crippen LogP contribution in [0.5, 0.6) is 0 Å². The van der Waals surface area contributed by atoms with E-state index in [1.54, 1.807) is 24.3 Å². The fourth-order valence-electron chi connectivity index (χ4n) is 1.21. The Labute approximate surface area is 101 Å². The van der Waals surface area contributed by atoms with Crippen LogP contribution in [0.2, 0.25) is 0 Å². The Morgan fingerprint density at radius 3 is 1.41 bits per heavy atom. The van der Waals surface area contributed by atoms with Crippen LogP contribution in [0.1, 0.15) is 16.7 Å². The van der Waals surface area contributed by atoms with E-state index >= 15 is 0 Å². The molecule has 0 radical (unpaired) electrons. The van der Waals surface area contributed by atoms with Gasteiger partial charge in [0, 0.05) is 0 Å². The average molecular weight is 220 g/mol. The molecule has 2 rings (SSSR count). The van der Waals surface area contributed by atoms with Crippen molar-refractivity contribution in [3.05, 3.63) is 71.3 Å². The molecule has 0 amide bonds. The molecule has 2 aromatic carbocycles. The van der Waals surface area contributed by atoms with E-state index in [4.69, 9.17) is 10.5 Å². The molecular formula is C15H12N2. The van der Waals surface area contributed by atoms with Crippen LogP contribution in [0.4, 0.5) is 0 Å². The SMILES string of the molecule is Cc1ccccc1.N#Cc1ccccc1C#N. The van der Waals surface area contributed by atoms with Crippen molar-refractivity contribution in [2.24, 2.45) is 0 Å². The topological polar surface area (TPSA) is 47.6 Å². The Morgan fingerprint density at radius 1 is 0.706 bits per heavy atom. The van der Waals surface area contributed by atoms with Gasteiger partial charge in [-0.2, -0.15) is 10.5 Å². The fraction of sp³-hybridized carbons (Fsp3) is 0.0667. The van der Waals surface area contributed by atoms with Gasteiger partial charge in [0.1, 0.15) is 12.1 Å². The first kappa shape index (κ1) is 12.5. The van der Waals surface area contributed by atoms with E-state index in [0.29, 0.717) is 11.1 Å². The lowest BCUT2D eigenvalue weighted by molar-refractivity contribution is 1.43. The summed E-state index contributed by atoms with van der Waals surface area (Å²) in [6.07, 6.45) is 0. The van der Waals surface area contributed by atoms with Crippen LogP contribution in [-0.2, 0) is 0 Å². The zero-order valence-corrected chi connectivity index (χ0v) is 9.59. The molecule has 0 fully saturated rings. The van der Waals surface area contributed by atoms with Gasteiger partial charge in [0.15, 0.2) is 0 Å². The fourth-order valence-corrected chi connectivity index (χ4v) is 1.21. The van der Waals surface area contributed by atoms with Crippen LogP contribution < -0.4 is 0 Å². The molecule has 0 heterocycles. The highest BCUT2D eigenvalue weighted by atomic mass is 14.3. The number of nitriles is 2. The first-order chi connectivity index (χ1) is 8.27. The van der Waals surface area contributed by atoms with E-state index in [1.807, 2.05) is 30.3 Å². The molecule has 0 N–H and O–H groups in total. The van der Waals surface area contributed by atoms with Gasteiger partial charge in [-0.15, -0.1) is 0 Å². The largest absolute Gasteiger partial charge is 0.192 e. The van der Waals surface area contributed by atoms with Gasteiger partial charge in [-0.1, -0.05) is 48.0 Å². The number of hydrogen-bond acceptors (Lipinski definition) is 2. The second-order valence-electron chi connectivity index (χ2n) is 3.42. The van der Waals surface area contributed by atoms with E-state index in [2.05, 4.69) is 19.1 Å². The van der Waals surface area contributed by atoms with Gasteiger partial charge in [-0.05, 0) is 19.1 Å². The zero-order valence-electron chi connectivity index (χ0n) is 9.59. The number of benzene rings is 2. The lowest BCUT2D eigenvalue weighted by Crippen LogP contribution is -1.79. The van der Waals surface area contributed by atoms with E-state index in [0.717, 1.165) is 0 Å². The molecule has 2 heteroatoms. The molecule has 0 bridgehead atoms. The molecule has 0 saturated carbocycles. The zero-order chi connectivity index (χ0) is 12.5. The molecule has 17 heavy (non-hydrogen) atoms. The van der Waals surface area contributed by atoms with Crippen LogP contribution in [0, 0.1) is 29.6 Å². The smallest absolute Gasteiger partial charge is 0.101 e. The molecule has 0 aliphatic rings. The molecule has 0 unspecified atom stereocenters. The maximum atomic E-state index is 8.45. The van der Waals surface area contributed by atoms with E-state index in [9.17, 15) is 0 Å². The summed E-state index contributed by atoms with van der Waals surface area (Å²) >= 11 is 0. The predicted octanol–water partition coefficient (Wildman–Crippen LogP) is 3.42. The third kappa shape index (κ3) is 4.20. The van der Waals surface area contributed by atoms with Crippen molar-refractivity contribution in [2.45, 2.75) is 6.92 Å². The quantitative estimate of drug-likeness (QED) is 0.682. The van der Waals surface area contributed by atoms with E-state index in [1.165, 1.54) is 5.56 Å². The maximum Gasteiger partial charge on any atom is 0.101 e. The third-order valence-corrected chi connectivity index (χ3v) is 2.11. The summed E-state index contributed by atoms with van der Waals surface area (Å²) < 4.78 is 0. The minimum atomic E-state index is 0.435. The van der Waals surface area contributed by atoms with Crippen LogP contribution >= 0.6 is 0 Å². The highest BCUT2D eigenvalue weighted by molar-refractivity contribution is 5.44. The molecule has 82 valence electrons. The van der Waals surface area contributed by atoms with Crippen molar-refractivity contribution < 1.29 is 0 Å². The lowest BCUT2D eigenvalue weighted by Gasteiger charge is -1.88. The first-order valence-electron chi connectivity index (χ1n) is 5.19. The summed E-state index contributed by atoms with van der Waals surface area (Å²) in [7, 11) is 0. The Morgan fingerprint density at radius 2 is 1.12 bits per heavy atom. The highest BCUT2D eigenvalue weighted by Crippen LogP contribution is 2.03. The standard InChI is InChI=1S/C8H4N2.C7H8/c9-5-7-3-1-2-4-8(7)6-10;1-7-5-3-2-4-6-7/h1-4H;2-6H,1H3. The Kier molecular flexibility index (Phi) is 5.01. The van der Waals surface area contributed by atoms with Crippen LogP contribution in [0.15, 0.2) is 54.6 Å². The Balaban J connectivity index is 0.000000181. The second-order valence-corrected chi connectivity index (χ2v) is 3.42. The normalized spacial score (nSPS) is 8.18. The van der Waals surface area contributed by atoms with Gasteiger partial charge in [-0.25, -0.2) is 0 Å². The molecule has 0 aromatic heterocycles. The van der Waals surface area contributed by atoms with Gasteiger partial charge in [-0.3, -0.25) is 0 Å². The highest BCUT2D eigenvalue weighted by Gasteiger charge is 1.95. The second kappa shape index (κ2) is 6.82. The summed E-state index contributed by atoms with van der Waals surface area (Å²) in [5.41, 5.74) is 2.19. The summed E-state index contributed by atoms with van der Waals surface area (Å²) in [5.74, 6) is 0. The molecule has 0 aliphatic heterocycles. The third-order valence-electron chi connectivity index (χ3n) is 2.11. The van der Waals surface area contributed by atoms with Gasteiger partial charge < -0.3 is 0 Å². The van der Waals surface area contributed by atoms with Crippen LogP contribution in [0.25, 0.3) is 0 Å². The Hall–Kier alpha value is -2.58. The van der Waals surface area contributed by atoms with E-state index in [-0.39, 0.29) is 0 Å². The molecule has 0 spiro atoms. The summed E-state index contributed by atoms with van der Waals surface area (Å²) in [6, 6.07) is 20.8.